The molecule has 139 valence electrons. The Morgan fingerprint density at radius 2 is 1.00 bits per heavy atom. The molecule has 0 heterocycles. The van der Waals surface area contributed by atoms with E-state index in [2.05, 4.69) is 111 Å². The summed E-state index contributed by atoms with van der Waals surface area (Å²) in [6.07, 6.45) is 0. The van der Waals surface area contributed by atoms with Gasteiger partial charge in [0.15, 0.2) is 8.32 Å². The van der Waals surface area contributed by atoms with E-state index in [1.807, 2.05) is 6.07 Å². The van der Waals surface area contributed by atoms with Crippen molar-refractivity contribution >= 4 is 41.5 Å². The Kier molecular flexibility index (Phi) is 6.29. The molecule has 0 saturated heterocycles. The van der Waals surface area contributed by atoms with Crippen molar-refractivity contribution in [3.05, 3.63) is 91.0 Å². The fourth-order valence-electron chi connectivity index (χ4n) is 3.12. The monoisotopic (exact) mass is 407 g/mol. The fraction of sp³-hybridized carbons (Fsp3) is 0.182. The van der Waals surface area contributed by atoms with Crippen molar-refractivity contribution in [1.82, 2.24) is 0 Å². The van der Waals surface area contributed by atoms with Gasteiger partial charge in [0.2, 0.25) is 0 Å². The Morgan fingerprint density at radius 3 is 1.41 bits per heavy atom. The van der Waals surface area contributed by atoms with Crippen molar-refractivity contribution in [2.45, 2.75) is 26.2 Å². The van der Waals surface area contributed by atoms with Crippen LogP contribution in [0.2, 0.25) is 26.2 Å². The fourth-order valence-corrected chi connectivity index (χ4v) is 13.9. The van der Waals surface area contributed by atoms with Gasteiger partial charge in [-0.05, 0) is 41.7 Å². The van der Waals surface area contributed by atoms with Crippen LogP contribution in [0.4, 0.5) is 0 Å². The molecule has 0 aliphatic heterocycles. The second kappa shape index (κ2) is 8.50. The topological polar surface area (TPSA) is 18.5 Å². The molecule has 0 bridgehead atoms. The lowest BCUT2D eigenvalue weighted by Crippen LogP contribution is -2.62. The standard InChI is InChI=1S/C22H27O2Si3/c1-26(2,3)24-27(4,22-18-12-7-13-19-22)23-25(20-14-8-5-9-15-20)21-16-10-6-11-17-21/h5-19H,1-4H3. The first kappa shape index (κ1) is 20.0. The lowest BCUT2D eigenvalue weighted by molar-refractivity contribution is 0.418. The van der Waals surface area contributed by atoms with E-state index < -0.39 is 25.9 Å². The molecule has 3 rings (SSSR count). The van der Waals surface area contributed by atoms with E-state index in [9.17, 15) is 0 Å². The average Bonchev–Trinajstić information content (AvgIpc) is 2.67. The van der Waals surface area contributed by atoms with Crippen LogP contribution < -0.4 is 15.6 Å². The highest BCUT2D eigenvalue weighted by molar-refractivity contribution is 6.96. The van der Waals surface area contributed by atoms with Crippen LogP contribution in [0, 0.1) is 0 Å². The normalized spacial score (nSPS) is 14.1. The molecule has 3 aromatic carbocycles. The van der Waals surface area contributed by atoms with E-state index in [0.29, 0.717) is 0 Å². The van der Waals surface area contributed by atoms with Crippen molar-refractivity contribution in [2.24, 2.45) is 0 Å². The second-order valence-electron chi connectivity index (χ2n) is 7.69. The summed E-state index contributed by atoms with van der Waals surface area (Å²) in [6, 6.07) is 31.7. The van der Waals surface area contributed by atoms with Gasteiger partial charge in [-0.1, -0.05) is 91.0 Å². The average molecular weight is 408 g/mol. The van der Waals surface area contributed by atoms with Crippen molar-refractivity contribution in [3.63, 3.8) is 0 Å². The molecule has 0 amide bonds. The van der Waals surface area contributed by atoms with E-state index in [4.69, 9.17) is 8.23 Å². The molecule has 0 saturated carbocycles. The Morgan fingerprint density at radius 1 is 0.593 bits per heavy atom. The molecular weight excluding hydrogens is 380 g/mol. The summed E-state index contributed by atoms with van der Waals surface area (Å²) >= 11 is 0. The van der Waals surface area contributed by atoms with Crippen molar-refractivity contribution < 1.29 is 8.23 Å². The summed E-state index contributed by atoms with van der Waals surface area (Å²) in [7, 11) is -5.79. The van der Waals surface area contributed by atoms with Gasteiger partial charge >= 0.3 is 8.56 Å². The zero-order chi connectivity index (χ0) is 19.3. The summed E-state index contributed by atoms with van der Waals surface area (Å²) in [5.41, 5.74) is 0. The van der Waals surface area contributed by atoms with Crippen LogP contribution in [0.5, 0.6) is 0 Å². The third-order valence-corrected chi connectivity index (χ3v) is 13.6. The molecule has 27 heavy (non-hydrogen) atoms. The van der Waals surface area contributed by atoms with Gasteiger partial charge in [-0.25, -0.2) is 0 Å². The van der Waals surface area contributed by atoms with Crippen LogP contribution in [0.15, 0.2) is 91.0 Å². The van der Waals surface area contributed by atoms with Gasteiger partial charge in [0, 0.05) is 0 Å². The van der Waals surface area contributed by atoms with Gasteiger partial charge in [-0.3, -0.25) is 0 Å². The quantitative estimate of drug-likeness (QED) is 0.557. The van der Waals surface area contributed by atoms with Gasteiger partial charge < -0.3 is 8.23 Å². The highest BCUT2D eigenvalue weighted by atomic mass is 28.5. The van der Waals surface area contributed by atoms with Crippen LogP contribution in [-0.4, -0.2) is 25.9 Å². The van der Waals surface area contributed by atoms with Crippen LogP contribution in [0.3, 0.4) is 0 Å². The molecule has 0 fully saturated rings. The molecule has 1 radical (unpaired) electrons. The smallest absolute Gasteiger partial charge is 0.349 e. The molecule has 2 nitrogen and oxygen atoms in total. The van der Waals surface area contributed by atoms with E-state index in [0.717, 1.165) is 0 Å². The Labute approximate surface area is 166 Å². The van der Waals surface area contributed by atoms with Crippen LogP contribution in [-0.2, 0) is 8.23 Å². The van der Waals surface area contributed by atoms with Gasteiger partial charge in [-0.15, -0.1) is 0 Å². The maximum Gasteiger partial charge on any atom is 0.349 e. The van der Waals surface area contributed by atoms with E-state index >= 15 is 0 Å². The third-order valence-electron chi connectivity index (χ3n) is 4.17. The van der Waals surface area contributed by atoms with Crippen molar-refractivity contribution in [2.75, 3.05) is 0 Å². The number of benzene rings is 3. The van der Waals surface area contributed by atoms with Crippen LogP contribution >= 0.6 is 0 Å². The van der Waals surface area contributed by atoms with Gasteiger partial charge in [0.05, 0.1) is 0 Å². The highest BCUT2D eigenvalue weighted by Gasteiger charge is 2.42. The zero-order valence-electron chi connectivity index (χ0n) is 16.5. The van der Waals surface area contributed by atoms with Gasteiger partial charge in [0.1, 0.15) is 0 Å². The minimum Gasteiger partial charge on any atom is -0.433 e. The first-order valence-electron chi connectivity index (χ1n) is 9.30. The summed E-state index contributed by atoms with van der Waals surface area (Å²) in [5.74, 6) is 0. The summed E-state index contributed by atoms with van der Waals surface area (Å²) in [5, 5.41) is 3.70. The van der Waals surface area contributed by atoms with E-state index in [-0.39, 0.29) is 0 Å². The zero-order valence-corrected chi connectivity index (χ0v) is 19.5. The predicted molar refractivity (Wildman–Crippen MR) is 121 cm³/mol. The van der Waals surface area contributed by atoms with Gasteiger partial charge in [0.25, 0.3) is 9.04 Å². The third kappa shape index (κ3) is 5.37. The maximum absolute atomic E-state index is 7.03. The van der Waals surface area contributed by atoms with Gasteiger partial charge in [-0.2, -0.15) is 0 Å². The molecule has 0 N–H and O–H groups in total. The molecule has 0 aliphatic carbocycles. The maximum atomic E-state index is 7.03. The summed E-state index contributed by atoms with van der Waals surface area (Å²) in [4.78, 5) is 0. The van der Waals surface area contributed by atoms with E-state index in [1.165, 1.54) is 15.6 Å². The Balaban J connectivity index is 2.05. The second-order valence-corrected chi connectivity index (χ2v) is 17.8. The summed E-state index contributed by atoms with van der Waals surface area (Å²) < 4.78 is 13.8. The molecule has 5 heteroatoms. The molecule has 0 spiro atoms. The first-order valence-corrected chi connectivity index (χ1v) is 16.4. The largest absolute Gasteiger partial charge is 0.433 e. The number of hydrogen-bond acceptors (Lipinski definition) is 2. The molecule has 1 unspecified atom stereocenters. The van der Waals surface area contributed by atoms with Crippen LogP contribution in [0.1, 0.15) is 0 Å². The molecule has 3 aromatic rings. The lowest BCUT2D eigenvalue weighted by atomic mass is 10.4. The number of rotatable bonds is 7. The molecule has 0 aliphatic rings. The van der Waals surface area contributed by atoms with Crippen LogP contribution in [0.25, 0.3) is 0 Å². The highest BCUT2D eigenvalue weighted by Crippen LogP contribution is 2.17. The SMILES string of the molecule is C[Si](C)(C)O[Si](C)(O[Si](c1ccccc1)c1ccccc1)c1ccccc1. The first-order chi connectivity index (χ1) is 12.9. The Bertz CT molecular complexity index is 796. The lowest BCUT2D eigenvalue weighted by Gasteiger charge is -2.37. The minimum absolute atomic E-state index is 1.20. The van der Waals surface area contributed by atoms with Crippen molar-refractivity contribution in [3.8, 4) is 0 Å². The molecule has 0 aromatic heterocycles. The molecule has 1 atom stereocenters. The van der Waals surface area contributed by atoms with Crippen molar-refractivity contribution in [1.29, 1.82) is 0 Å². The summed E-state index contributed by atoms with van der Waals surface area (Å²) in [6.45, 7) is 8.92. The predicted octanol–water partition coefficient (Wildman–Crippen LogP) is 3.64. The molecular formula is C22H27O2Si3. The minimum atomic E-state index is -2.58. The Hall–Kier alpha value is -1.77. The van der Waals surface area contributed by atoms with E-state index in [1.54, 1.807) is 0 Å². The number of hydrogen-bond donors (Lipinski definition) is 0.